The second-order valence-corrected chi connectivity index (χ2v) is 12.3. The summed E-state index contributed by atoms with van der Waals surface area (Å²) in [5.41, 5.74) is 4.78. The molecule has 0 aliphatic heterocycles. The van der Waals surface area contributed by atoms with Crippen molar-refractivity contribution in [1.82, 2.24) is 0 Å². The van der Waals surface area contributed by atoms with Crippen LogP contribution in [0.15, 0.2) is 48.5 Å². The van der Waals surface area contributed by atoms with Gasteiger partial charge in [0.05, 0.1) is 11.2 Å². The molecule has 0 aliphatic rings. The second kappa shape index (κ2) is 9.72. The summed E-state index contributed by atoms with van der Waals surface area (Å²) in [4.78, 5) is 0. The fourth-order valence-electron chi connectivity index (χ4n) is 4.98. The zero-order chi connectivity index (χ0) is 24.4. The molecule has 0 saturated carbocycles. The van der Waals surface area contributed by atoms with E-state index >= 15 is 0 Å². The van der Waals surface area contributed by atoms with Crippen molar-refractivity contribution in [2.24, 2.45) is 5.92 Å². The monoisotopic (exact) mass is 436 g/mol. The highest BCUT2D eigenvalue weighted by molar-refractivity contribution is 5.31. The van der Waals surface area contributed by atoms with Crippen LogP contribution in [0.4, 0.5) is 0 Å². The van der Waals surface area contributed by atoms with Gasteiger partial charge < -0.3 is 4.74 Å². The molecule has 1 nitrogen and oxygen atoms in total. The van der Waals surface area contributed by atoms with Crippen LogP contribution in [0, 0.1) is 12.8 Å². The summed E-state index contributed by atoms with van der Waals surface area (Å²) in [5, 5.41) is 0. The minimum atomic E-state index is -0.321. The molecule has 2 aromatic rings. The molecule has 32 heavy (non-hydrogen) atoms. The predicted molar refractivity (Wildman–Crippen MR) is 141 cm³/mol. The molecule has 0 N–H and O–H groups in total. The molecule has 0 amide bonds. The van der Waals surface area contributed by atoms with E-state index in [1.54, 1.807) is 0 Å². The first-order valence-electron chi connectivity index (χ1n) is 12.5. The normalized spacial score (nSPS) is 14.5. The van der Waals surface area contributed by atoms with Crippen LogP contribution < -0.4 is 0 Å². The Kier molecular flexibility index (Phi) is 8.09. The third kappa shape index (κ3) is 6.47. The number of rotatable bonds is 10. The standard InChI is InChI=1S/C31H48O/c1-12-23(2)21-25-15-19-27(20-16-25)30(8,9)31(10,11)32-29(6,7)22-28(4,5)26-17-13-24(3)14-18-26/h13-20,23H,12,21-22H2,1-11H3. The lowest BCUT2D eigenvalue weighted by Crippen LogP contribution is -2.51. The van der Waals surface area contributed by atoms with Crippen molar-refractivity contribution in [3.8, 4) is 0 Å². The zero-order valence-electron chi connectivity index (χ0n) is 22.7. The molecule has 0 bridgehead atoms. The second-order valence-electron chi connectivity index (χ2n) is 12.3. The Morgan fingerprint density at radius 3 is 1.75 bits per heavy atom. The topological polar surface area (TPSA) is 9.23 Å². The van der Waals surface area contributed by atoms with Gasteiger partial charge in [0.25, 0.3) is 0 Å². The zero-order valence-corrected chi connectivity index (χ0v) is 22.7. The Bertz CT molecular complexity index is 850. The van der Waals surface area contributed by atoms with Crippen molar-refractivity contribution < 1.29 is 4.74 Å². The minimum Gasteiger partial charge on any atom is -0.369 e. The summed E-state index contributed by atoms with van der Waals surface area (Å²) < 4.78 is 6.94. The third-order valence-electron chi connectivity index (χ3n) is 7.69. The van der Waals surface area contributed by atoms with E-state index in [1.807, 2.05) is 0 Å². The average molecular weight is 437 g/mol. The van der Waals surface area contributed by atoms with Gasteiger partial charge in [0, 0.05) is 5.41 Å². The molecule has 0 fully saturated rings. The fourth-order valence-corrected chi connectivity index (χ4v) is 4.98. The minimum absolute atomic E-state index is 0.0367. The van der Waals surface area contributed by atoms with E-state index in [0.29, 0.717) is 0 Å². The molecule has 1 atom stereocenters. The molecule has 1 heteroatoms. The van der Waals surface area contributed by atoms with Gasteiger partial charge >= 0.3 is 0 Å². The summed E-state index contributed by atoms with van der Waals surface area (Å²) in [6.07, 6.45) is 3.33. The number of hydrogen-bond acceptors (Lipinski definition) is 1. The van der Waals surface area contributed by atoms with Gasteiger partial charge in [0.15, 0.2) is 0 Å². The molecule has 0 saturated heterocycles. The molecule has 0 spiro atoms. The van der Waals surface area contributed by atoms with Crippen molar-refractivity contribution >= 4 is 0 Å². The first kappa shape index (κ1) is 26.7. The maximum absolute atomic E-state index is 6.94. The van der Waals surface area contributed by atoms with Crippen molar-refractivity contribution in [3.63, 3.8) is 0 Å². The van der Waals surface area contributed by atoms with Gasteiger partial charge in [-0.2, -0.15) is 0 Å². The summed E-state index contributed by atoms with van der Waals surface area (Å²) in [7, 11) is 0. The van der Waals surface area contributed by atoms with E-state index < -0.39 is 0 Å². The summed E-state index contributed by atoms with van der Waals surface area (Å²) in [6, 6.07) is 18.2. The van der Waals surface area contributed by atoms with Gasteiger partial charge in [-0.25, -0.2) is 0 Å². The average Bonchev–Trinajstić information content (AvgIpc) is 2.66. The van der Waals surface area contributed by atoms with Crippen LogP contribution in [0.1, 0.15) is 104 Å². The van der Waals surface area contributed by atoms with Crippen molar-refractivity contribution in [3.05, 3.63) is 70.8 Å². The number of hydrogen-bond donors (Lipinski definition) is 0. The number of ether oxygens (including phenoxy) is 1. The van der Waals surface area contributed by atoms with Crippen molar-refractivity contribution in [2.75, 3.05) is 0 Å². The molecule has 178 valence electrons. The van der Waals surface area contributed by atoms with Gasteiger partial charge in [-0.15, -0.1) is 0 Å². The molecule has 0 aromatic heterocycles. The van der Waals surface area contributed by atoms with Crippen LogP contribution in [0.2, 0.25) is 0 Å². The van der Waals surface area contributed by atoms with Crippen LogP contribution in [-0.2, 0) is 22.0 Å². The Hall–Kier alpha value is -1.60. The lowest BCUT2D eigenvalue weighted by atomic mass is 9.70. The Balaban J connectivity index is 2.18. The Morgan fingerprint density at radius 1 is 0.750 bits per heavy atom. The van der Waals surface area contributed by atoms with E-state index in [0.717, 1.165) is 18.8 Å². The van der Waals surface area contributed by atoms with E-state index in [4.69, 9.17) is 4.74 Å². The lowest BCUT2D eigenvalue weighted by molar-refractivity contribution is -0.161. The first-order valence-corrected chi connectivity index (χ1v) is 12.5. The highest BCUT2D eigenvalue weighted by Gasteiger charge is 2.44. The quantitative estimate of drug-likeness (QED) is 0.361. The number of aryl methyl sites for hydroxylation is 1. The fraction of sp³-hybridized carbons (Fsp3) is 0.613. The van der Waals surface area contributed by atoms with Crippen LogP contribution in [-0.4, -0.2) is 11.2 Å². The van der Waals surface area contributed by atoms with Gasteiger partial charge in [0.2, 0.25) is 0 Å². The van der Waals surface area contributed by atoms with Crippen molar-refractivity contribution in [2.45, 2.75) is 117 Å². The van der Waals surface area contributed by atoms with E-state index in [1.165, 1.54) is 28.7 Å². The molecule has 1 unspecified atom stereocenters. The summed E-state index contributed by atoms with van der Waals surface area (Å²) in [5.74, 6) is 0.728. The smallest absolute Gasteiger partial charge is 0.0724 e. The van der Waals surface area contributed by atoms with Gasteiger partial charge in [-0.1, -0.05) is 102 Å². The van der Waals surface area contributed by atoms with Gasteiger partial charge in [-0.05, 0) is 75.5 Å². The van der Waals surface area contributed by atoms with E-state index in [-0.39, 0.29) is 22.0 Å². The van der Waals surface area contributed by atoms with Crippen LogP contribution in [0.3, 0.4) is 0 Å². The molecule has 0 heterocycles. The van der Waals surface area contributed by atoms with Gasteiger partial charge in [0.1, 0.15) is 0 Å². The molecular formula is C31H48O. The SMILES string of the molecule is CCC(C)Cc1ccc(C(C)(C)C(C)(C)OC(C)(C)CC(C)(C)c2ccc(C)cc2)cc1. The predicted octanol–water partition coefficient (Wildman–Crippen LogP) is 8.80. The van der Waals surface area contributed by atoms with Crippen LogP contribution in [0.5, 0.6) is 0 Å². The highest BCUT2D eigenvalue weighted by atomic mass is 16.5. The molecule has 0 aliphatic carbocycles. The van der Waals surface area contributed by atoms with E-state index in [9.17, 15) is 0 Å². The lowest BCUT2D eigenvalue weighted by Gasteiger charge is -2.48. The van der Waals surface area contributed by atoms with Crippen LogP contribution >= 0.6 is 0 Å². The Labute approximate surface area is 199 Å². The molecule has 2 rings (SSSR count). The largest absolute Gasteiger partial charge is 0.369 e. The number of benzene rings is 2. The summed E-state index contributed by atoms with van der Waals surface area (Å²) >= 11 is 0. The first-order chi connectivity index (χ1) is 14.6. The van der Waals surface area contributed by atoms with Crippen molar-refractivity contribution in [1.29, 1.82) is 0 Å². The van der Waals surface area contributed by atoms with Gasteiger partial charge in [-0.3, -0.25) is 0 Å². The molecule has 2 aromatic carbocycles. The highest BCUT2D eigenvalue weighted by Crippen LogP contribution is 2.43. The molecular weight excluding hydrogens is 388 g/mol. The Morgan fingerprint density at radius 2 is 1.25 bits per heavy atom. The van der Waals surface area contributed by atoms with E-state index in [2.05, 4.69) is 125 Å². The summed E-state index contributed by atoms with van der Waals surface area (Å²) in [6.45, 7) is 25.0. The molecule has 0 radical (unpaired) electrons. The van der Waals surface area contributed by atoms with Crippen LogP contribution in [0.25, 0.3) is 0 Å². The third-order valence-corrected chi connectivity index (χ3v) is 7.69. The maximum atomic E-state index is 6.94. The maximum Gasteiger partial charge on any atom is 0.0724 e.